The number of halogens is 2. The van der Waals surface area contributed by atoms with Crippen LogP contribution in [-0.4, -0.2) is 16.2 Å². The zero-order valence-corrected chi connectivity index (χ0v) is 7.52. The predicted molar refractivity (Wildman–Crippen MR) is 40.7 cm³/mol. The van der Waals surface area contributed by atoms with E-state index in [1.54, 1.807) is 0 Å². The third kappa shape index (κ3) is 1.54. The first-order valence-corrected chi connectivity index (χ1v) is 3.93. The van der Waals surface area contributed by atoms with Gasteiger partial charge in [0.05, 0.1) is 11.4 Å². The second-order valence-electron chi connectivity index (χ2n) is 1.72. The van der Waals surface area contributed by atoms with Gasteiger partial charge in [-0.3, -0.25) is 0 Å². The number of aromatic carboxylic acids is 1. The van der Waals surface area contributed by atoms with Crippen molar-refractivity contribution < 1.29 is 14.4 Å². The van der Waals surface area contributed by atoms with Crippen LogP contribution in [-0.2, 0) is 5.88 Å². The molecule has 1 heterocycles. The Bertz CT molecular complexity index is 285. The Hall–Kier alpha value is -0.550. The fourth-order valence-corrected chi connectivity index (χ4v) is 1.38. The number of hydrogen-bond donors (Lipinski definition) is 1. The molecule has 1 rings (SSSR count). The van der Waals surface area contributed by atoms with Crippen molar-refractivity contribution in [3.63, 3.8) is 0 Å². The molecule has 0 bridgehead atoms. The summed E-state index contributed by atoms with van der Waals surface area (Å²) in [5, 5.41) is 11.8. The molecule has 6 heteroatoms. The van der Waals surface area contributed by atoms with Crippen molar-refractivity contribution in [2.45, 2.75) is 5.88 Å². The highest BCUT2D eigenvalue weighted by Crippen LogP contribution is 2.21. The van der Waals surface area contributed by atoms with Crippen LogP contribution in [0.1, 0.15) is 16.1 Å². The van der Waals surface area contributed by atoms with Crippen LogP contribution in [0.15, 0.2) is 9.19 Å². The number of carboxylic acid groups (broad SMARTS) is 1. The van der Waals surface area contributed by atoms with E-state index >= 15 is 0 Å². The number of carboxylic acids is 1. The molecular formula is C5H3BrClNO3. The summed E-state index contributed by atoms with van der Waals surface area (Å²) in [5.74, 6) is -1.08. The monoisotopic (exact) mass is 239 g/mol. The lowest BCUT2D eigenvalue weighted by molar-refractivity contribution is 0.0685. The van der Waals surface area contributed by atoms with Gasteiger partial charge < -0.3 is 9.63 Å². The fourth-order valence-electron chi connectivity index (χ4n) is 0.573. The molecule has 1 aromatic heterocycles. The molecule has 4 nitrogen and oxygen atoms in total. The first-order valence-electron chi connectivity index (χ1n) is 2.60. The summed E-state index contributed by atoms with van der Waals surface area (Å²) in [6.07, 6.45) is 0. The van der Waals surface area contributed by atoms with Gasteiger partial charge in [-0.2, -0.15) is 0 Å². The van der Waals surface area contributed by atoms with Crippen molar-refractivity contribution >= 4 is 33.5 Å². The maximum absolute atomic E-state index is 10.4. The first kappa shape index (κ1) is 8.55. The van der Waals surface area contributed by atoms with Gasteiger partial charge in [0.2, 0.25) is 4.67 Å². The summed E-state index contributed by atoms with van der Waals surface area (Å²) in [6.45, 7) is 0. The Balaban J connectivity index is 3.15. The summed E-state index contributed by atoms with van der Waals surface area (Å²) in [4.78, 5) is 10.4. The van der Waals surface area contributed by atoms with E-state index in [2.05, 4.69) is 25.6 Å². The normalized spacial score (nSPS) is 10.0. The molecule has 0 spiro atoms. The number of rotatable bonds is 2. The Morgan fingerprint density at radius 1 is 1.82 bits per heavy atom. The van der Waals surface area contributed by atoms with Gasteiger partial charge in [0.1, 0.15) is 0 Å². The minimum Gasteiger partial charge on any atom is -0.476 e. The summed E-state index contributed by atoms with van der Waals surface area (Å²) < 4.78 is 4.82. The molecule has 11 heavy (non-hydrogen) atoms. The SMILES string of the molecule is O=C(O)c1noc(Br)c1CCl. The maximum Gasteiger partial charge on any atom is 0.358 e. The van der Waals surface area contributed by atoms with Gasteiger partial charge in [-0.1, -0.05) is 5.16 Å². The van der Waals surface area contributed by atoms with E-state index in [0.717, 1.165) is 0 Å². The highest BCUT2D eigenvalue weighted by atomic mass is 79.9. The minimum atomic E-state index is -1.14. The van der Waals surface area contributed by atoms with Gasteiger partial charge in [-0.15, -0.1) is 11.6 Å². The average molecular weight is 240 g/mol. The van der Waals surface area contributed by atoms with E-state index < -0.39 is 5.97 Å². The fraction of sp³-hybridized carbons (Fsp3) is 0.200. The quantitative estimate of drug-likeness (QED) is 0.802. The minimum absolute atomic E-state index is 0.0612. The largest absolute Gasteiger partial charge is 0.476 e. The van der Waals surface area contributed by atoms with E-state index in [1.807, 2.05) is 0 Å². The highest BCUT2D eigenvalue weighted by molar-refractivity contribution is 9.10. The maximum atomic E-state index is 10.4. The van der Waals surface area contributed by atoms with Gasteiger partial charge in [0.15, 0.2) is 5.69 Å². The van der Waals surface area contributed by atoms with Crippen LogP contribution in [0.3, 0.4) is 0 Å². The predicted octanol–water partition coefficient (Wildman–Crippen LogP) is 1.87. The molecule has 1 N–H and O–H groups in total. The van der Waals surface area contributed by atoms with Gasteiger partial charge in [0.25, 0.3) is 0 Å². The molecular weight excluding hydrogens is 237 g/mol. The van der Waals surface area contributed by atoms with Gasteiger partial charge in [-0.25, -0.2) is 4.79 Å². The number of carbonyl (C=O) groups is 1. The van der Waals surface area contributed by atoms with Crippen molar-refractivity contribution in [2.75, 3.05) is 0 Å². The summed E-state index contributed by atoms with van der Waals surface area (Å²) in [5.41, 5.74) is 0.214. The standard InChI is InChI=1S/C5H3BrClNO3/c6-4-2(1-7)3(5(9)10)8-11-4/h1H2,(H,9,10). The lowest BCUT2D eigenvalue weighted by Gasteiger charge is -1.88. The number of aromatic nitrogens is 1. The lowest BCUT2D eigenvalue weighted by Crippen LogP contribution is -1.99. The van der Waals surface area contributed by atoms with E-state index in [9.17, 15) is 4.79 Å². The molecule has 0 aliphatic carbocycles. The first-order chi connectivity index (χ1) is 5.16. The van der Waals surface area contributed by atoms with Crippen molar-refractivity contribution in [1.29, 1.82) is 0 Å². The van der Waals surface area contributed by atoms with Crippen molar-refractivity contribution in [3.8, 4) is 0 Å². The molecule has 0 aliphatic rings. The Labute approximate surface area is 75.3 Å². The van der Waals surface area contributed by atoms with Gasteiger partial charge in [0, 0.05) is 0 Å². The topological polar surface area (TPSA) is 63.3 Å². The van der Waals surface area contributed by atoms with Crippen molar-refractivity contribution in [2.24, 2.45) is 0 Å². The number of alkyl halides is 1. The van der Waals surface area contributed by atoms with E-state index in [-0.39, 0.29) is 16.2 Å². The van der Waals surface area contributed by atoms with Gasteiger partial charge >= 0.3 is 5.97 Å². The van der Waals surface area contributed by atoms with E-state index in [1.165, 1.54) is 0 Å². The van der Waals surface area contributed by atoms with Crippen LogP contribution < -0.4 is 0 Å². The lowest BCUT2D eigenvalue weighted by atomic mass is 10.3. The molecule has 1 aromatic rings. The highest BCUT2D eigenvalue weighted by Gasteiger charge is 2.18. The Morgan fingerprint density at radius 2 is 2.45 bits per heavy atom. The molecule has 0 aliphatic heterocycles. The molecule has 0 fully saturated rings. The smallest absolute Gasteiger partial charge is 0.358 e. The summed E-state index contributed by atoms with van der Waals surface area (Å²) in [7, 11) is 0. The molecule has 0 atom stereocenters. The molecule has 0 aromatic carbocycles. The summed E-state index contributed by atoms with van der Waals surface area (Å²) in [6, 6.07) is 0. The summed E-state index contributed by atoms with van der Waals surface area (Å²) >= 11 is 8.40. The average Bonchev–Trinajstić information content (AvgIpc) is 2.30. The van der Waals surface area contributed by atoms with E-state index in [4.69, 9.17) is 16.7 Å². The van der Waals surface area contributed by atoms with Gasteiger partial charge in [-0.05, 0) is 15.9 Å². The second kappa shape index (κ2) is 3.23. The molecule has 0 radical (unpaired) electrons. The van der Waals surface area contributed by atoms with Crippen molar-refractivity contribution in [1.82, 2.24) is 5.16 Å². The number of hydrogen-bond acceptors (Lipinski definition) is 3. The van der Waals surface area contributed by atoms with E-state index in [0.29, 0.717) is 5.56 Å². The number of nitrogens with zero attached hydrogens (tertiary/aromatic N) is 1. The third-order valence-electron chi connectivity index (χ3n) is 1.08. The Morgan fingerprint density at radius 3 is 2.82 bits per heavy atom. The van der Waals surface area contributed by atoms with Crippen LogP contribution in [0.25, 0.3) is 0 Å². The van der Waals surface area contributed by atoms with Crippen molar-refractivity contribution in [3.05, 3.63) is 15.9 Å². The molecule has 0 saturated heterocycles. The zero-order valence-electron chi connectivity index (χ0n) is 5.17. The zero-order chi connectivity index (χ0) is 8.43. The molecule has 0 unspecified atom stereocenters. The molecule has 0 saturated carbocycles. The Kier molecular flexibility index (Phi) is 2.51. The van der Waals surface area contributed by atoms with Crippen LogP contribution >= 0.6 is 27.5 Å². The van der Waals surface area contributed by atoms with Crippen LogP contribution in [0.5, 0.6) is 0 Å². The van der Waals surface area contributed by atoms with Crippen LogP contribution in [0.2, 0.25) is 0 Å². The van der Waals surface area contributed by atoms with Crippen LogP contribution in [0, 0.1) is 0 Å². The second-order valence-corrected chi connectivity index (χ2v) is 2.71. The molecule has 0 amide bonds. The third-order valence-corrected chi connectivity index (χ3v) is 1.97. The van der Waals surface area contributed by atoms with Crippen LogP contribution in [0.4, 0.5) is 0 Å². The molecule has 60 valence electrons.